The zero-order valence-corrected chi connectivity index (χ0v) is 18.2. The van der Waals surface area contributed by atoms with Gasteiger partial charge in [0.25, 0.3) is 11.8 Å². The molecule has 0 radical (unpaired) electrons. The van der Waals surface area contributed by atoms with Gasteiger partial charge in [0.05, 0.1) is 11.7 Å². The number of amides is 1. The van der Waals surface area contributed by atoms with Crippen molar-refractivity contribution in [1.82, 2.24) is 15.3 Å². The van der Waals surface area contributed by atoms with Crippen LogP contribution >= 0.6 is 0 Å². The van der Waals surface area contributed by atoms with Crippen molar-refractivity contribution < 1.29 is 37.0 Å². The zero-order chi connectivity index (χ0) is 24.1. The largest absolute Gasteiger partial charge is 0.487 e. The van der Waals surface area contributed by atoms with E-state index < -0.39 is 12.6 Å². The highest BCUT2D eigenvalue weighted by molar-refractivity contribution is 5.96. The second kappa shape index (κ2) is 10.1. The molecule has 1 amide bonds. The Bertz CT molecular complexity index is 1160. The number of hydrogen-bond acceptors (Lipinski definition) is 8. The lowest BCUT2D eigenvalue weighted by atomic mass is 10.1. The van der Waals surface area contributed by atoms with Gasteiger partial charge in [-0.25, -0.2) is 9.78 Å². The molecular weight excluding hydrogens is 440 g/mol. The zero-order valence-electron chi connectivity index (χ0n) is 18.2. The Hall–Kier alpha value is -4.02. The summed E-state index contributed by atoms with van der Waals surface area (Å²) in [7, 11) is 1.49. The Labute approximate surface area is 187 Å². The van der Waals surface area contributed by atoms with Crippen LogP contribution in [0.3, 0.4) is 0 Å². The number of esters is 1. The number of alkyl halides is 2. The molecule has 0 unspecified atom stereocenters. The first-order valence-electron chi connectivity index (χ1n) is 9.80. The van der Waals surface area contributed by atoms with E-state index in [2.05, 4.69) is 20.0 Å². The van der Waals surface area contributed by atoms with Crippen molar-refractivity contribution in [3.63, 3.8) is 0 Å². The van der Waals surface area contributed by atoms with Crippen LogP contribution in [0.1, 0.15) is 40.3 Å². The van der Waals surface area contributed by atoms with E-state index in [-0.39, 0.29) is 41.0 Å². The van der Waals surface area contributed by atoms with Crippen molar-refractivity contribution >= 4 is 11.9 Å². The molecule has 1 aromatic carbocycles. The lowest BCUT2D eigenvalue weighted by Gasteiger charge is -2.15. The molecule has 1 N–H and O–H groups in total. The standard InChI is InChI=1S/C22H21F2N3O6/c1-11(2)31-16-8-13(5-6-15(16)32-22(23)24)20-27-17(10-30-20)33-21(29)18-12(3)7-14(9-26-18)19(28)25-4/h5-11,22H,1-4H3,(H,25,28). The summed E-state index contributed by atoms with van der Waals surface area (Å²) in [6, 6.07) is 5.69. The van der Waals surface area contributed by atoms with Gasteiger partial charge < -0.3 is 23.9 Å². The summed E-state index contributed by atoms with van der Waals surface area (Å²) in [5.74, 6) is -1.25. The van der Waals surface area contributed by atoms with Crippen LogP contribution in [0.25, 0.3) is 11.5 Å². The molecular formula is C22H21F2N3O6. The highest BCUT2D eigenvalue weighted by Gasteiger charge is 2.19. The summed E-state index contributed by atoms with van der Waals surface area (Å²) in [5.41, 5.74) is 1.14. The van der Waals surface area contributed by atoms with Crippen molar-refractivity contribution in [1.29, 1.82) is 0 Å². The molecule has 0 aliphatic heterocycles. The molecule has 174 valence electrons. The minimum Gasteiger partial charge on any atom is -0.487 e. The summed E-state index contributed by atoms with van der Waals surface area (Å²) >= 11 is 0. The lowest BCUT2D eigenvalue weighted by Crippen LogP contribution is -2.19. The van der Waals surface area contributed by atoms with E-state index in [1.807, 2.05) is 0 Å². The van der Waals surface area contributed by atoms with Crippen LogP contribution in [0, 0.1) is 6.92 Å². The summed E-state index contributed by atoms with van der Waals surface area (Å²) < 4.78 is 45.9. The third-order valence-corrected chi connectivity index (χ3v) is 4.21. The number of hydrogen-bond donors (Lipinski definition) is 1. The monoisotopic (exact) mass is 461 g/mol. The van der Waals surface area contributed by atoms with Gasteiger partial charge in [-0.3, -0.25) is 4.79 Å². The smallest absolute Gasteiger partial charge is 0.387 e. The predicted octanol–water partition coefficient (Wildman–Crippen LogP) is 4.01. The van der Waals surface area contributed by atoms with E-state index in [1.165, 1.54) is 37.5 Å². The van der Waals surface area contributed by atoms with Gasteiger partial charge in [0.2, 0.25) is 5.89 Å². The van der Waals surface area contributed by atoms with E-state index in [4.69, 9.17) is 13.9 Å². The maximum Gasteiger partial charge on any atom is 0.387 e. The third kappa shape index (κ3) is 5.82. The average molecular weight is 461 g/mol. The van der Waals surface area contributed by atoms with Crippen molar-refractivity contribution in [2.45, 2.75) is 33.5 Å². The molecule has 9 nitrogen and oxygen atoms in total. The van der Waals surface area contributed by atoms with Crippen LogP contribution < -0.4 is 19.5 Å². The van der Waals surface area contributed by atoms with E-state index in [0.717, 1.165) is 6.26 Å². The van der Waals surface area contributed by atoms with Crippen LogP contribution in [-0.4, -0.2) is 41.6 Å². The number of carbonyl (C=O) groups is 2. The fourth-order valence-corrected chi connectivity index (χ4v) is 2.82. The minimum absolute atomic E-state index is 0.00771. The predicted molar refractivity (Wildman–Crippen MR) is 112 cm³/mol. The van der Waals surface area contributed by atoms with Crippen LogP contribution in [0.15, 0.2) is 41.1 Å². The van der Waals surface area contributed by atoms with Crippen LogP contribution in [0.4, 0.5) is 8.78 Å². The molecule has 0 aliphatic carbocycles. The fraction of sp³-hybridized carbons (Fsp3) is 0.273. The summed E-state index contributed by atoms with van der Waals surface area (Å²) in [5, 5.41) is 2.47. The molecule has 0 saturated heterocycles. The molecule has 2 aromatic heterocycles. The molecule has 0 bridgehead atoms. The highest BCUT2D eigenvalue weighted by Crippen LogP contribution is 2.34. The molecule has 3 rings (SSSR count). The summed E-state index contributed by atoms with van der Waals surface area (Å²) in [4.78, 5) is 32.3. The Morgan fingerprint density at radius 2 is 1.88 bits per heavy atom. The number of halogens is 2. The normalized spacial score (nSPS) is 10.9. The molecule has 0 saturated carbocycles. The number of benzene rings is 1. The van der Waals surface area contributed by atoms with Gasteiger partial charge in [0, 0.05) is 18.8 Å². The number of aromatic nitrogens is 2. The van der Waals surface area contributed by atoms with Gasteiger partial charge in [-0.1, -0.05) is 0 Å². The second-order valence-electron chi connectivity index (χ2n) is 7.06. The number of pyridine rings is 1. The van der Waals surface area contributed by atoms with Crippen LogP contribution in [0.2, 0.25) is 0 Å². The number of oxazole rings is 1. The van der Waals surface area contributed by atoms with Gasteiger partial charge >= 0.3 is 12.6 Å². The van der Waals surface area contributed by atoms with E-state index in [9.17, 15) is 18.4 Å². The Morgan fingerprint density at radius 1 is 1.12 bits per heavy atom. The second-order valence-corrected chi connectivity index (χ2v) is 7.06. The lowest BCUT2D eigenvalue weighted by molar-refractivity contribution is -0.0518. The molecule has 0 atom stereocenters. The topological polar surface area (TPSA) is 113 Å². The number of rotatable bonds is 8. The first-order valence-corrected chi connectivity index (χ1v) is 9.80. The van der Waals surface area contributed by atoms with E-state index in [0.29, 0.717) is 16.7 Å². The van der Waals surface area contributed by atoms with E-state index >= 15 is 0 Å². The van der Waals surface area contributed by atoms with Crippen LogP contribution in [0.5, 0.6) is 17.4 Å². The molecule has 11 heteroatoms. The SMILES string of the molecule is CNC(=O)c1cnc(C(=O)Oc2coc(-c3ccc(OC(F)F)c(OC(C)C)c3)n2)c(C)c1. The summed E-state index contributed by atoms with van der Waals surface area (Å²) in [6.45, 7) is 2.07. The van der Waals surface area contributed by atoms with Gasteiger partial charge in [0.15, 0.2) is 23.5 Å². The molecule has 2 heterocycles. The van der Waals surface area contributed by atoms with Crippen molar-refractivity contribution in [3.05, 3.63) is 53.5 Å². The maximum atomic E-state index is 12.7. The Morgan fingerprint density at radius 3 is 2.52 bits per heavy atom. The molecule has 33 heavy (non-hydrogen) atoms. The average Bonchev–Trinajstić information content (AvgIpc) is 3.21. The number of ether oxygens (including phenoxy) is 3. The number of nitrogens with zero attached hydrogens (tertiary/aromatic N) is 2. The van der Waals surface area contributed by atoms with Gasteiger partial charge in [-0.05, 0) is 50.6 Å². The van der Waals surface area contributed by atoms with Gasteiger partial charge in [-0.15, -0.1) is 0 Å². The van der Waals surface area contributed by atoms with Gasteiger partial charge in [-0.2, -0.15) is 13.8 Å². The Kier molecular flexibility index (Phi) is 7.21. The third-order valence-electron chi connectivity index (χ3n) is 4.21. The molecule has 0 spiro atoms. The minimum atomic E-state index is -3.01. The van der Waals surface area contributed by atoms with Crippen LogP contribution in [-0.2, 0) is 0 Å². The maximum absolute atomic E-state index is 12.7. The van der Waals surface area contributed by atoms with Crippen molar-refractivity contribution in [2.75, 3.05) is 7.05 Å². The highest BCUT2D eigenvalue weighted by atomic mass is 19.3. The first-order chi connectivity index (χ1) is 15.7. The molecule has 0 aliphatic rings. The van der Waals surface area contributed by atoms with Crippen molar-refractivity contribution in [3.8, 4) is 28.8 Å². The molecule has 0 fully saturated rings. The number of aryl methyl sites for hydroxylation is 1. The molecule has 3 aromatic rings. The quantitative estimate of drug-likeness (QED) is 0.501. The number of nitrogens with one attached hydrogen (secondary N) is 1. The summed E-state index contributed by atoms with van der Waals surface area (Å²) in [6.07, 6.45) is 2.08. The fourth-order valence-electron chi connectivity index (χ4n) is 2.82. The van der Waals surface area contributed by atoms with Crippen molar-refractivity contribution in [2.24, 2.45) is 0 Å². The number of carbonyl (C=O) groups excluding carboxylic acids is 2. The van der Waals surface area contributed by atoms with Gasteiger partial charge in [0.1, 0.15) is 0 Å². The first kappa shape index (κ1) is 23.6. The van der Waals surface area contributed by atoms with E-state index in [1.54, 1.807) is 20.8 Å². The Balaban J connectivity index is 1.79.